The molecule has 1 heterocycles. The van der Waals surface area contributed by atoms with E-state index in [1.807, 2.05) is 30.3 Å². The van der Waals surface area contributed by atoms with Gasteiger partial charge in [0, 0.05) is 12.6 Å². The zero-order chi connectivity index (χ0) is 15.5. The standard InChI is InChI=1S/C16H14N2O4/c19-16(22-11-12-5-2-1-3-6-12)17-9-13-7-4-8-15(18(20)21)14(13)10-17/h1-8H,9-11H2. The van der Waals surface area contributed by atoms with Crippen LogP contribution in [0.4, 0.5) is 10.5 Å². The predicted molar refractivity (Wildman–Crippen MR) is 79.0 cm³/mol. The monoisotopic (exact) mass is 298 g/mol. The fourth-order valence-corrected chi connectivity index (χ4v) is 2.51. The summed E-state index contributed by atoms with van der Waals surface area (Å²) in [4.78, 5) is 24.2. The third kappa shape index (κ3) is 2.76. The average Bonchev–Trinajstić information content (AvgIpc) is 2.97. The number of amides is 1. The third-order valence-corrected chi connectivity index (χ3v) is 3.62. The molecular weight excluding hydrogens is 284 g/mol. The SMILES string of the molecule is O=C(OCc1ccccc1)N1Cc2cccc([N+](=O)[O-])c2C1. The van der Waals surface area contributed by atoms with Gasteiger partial charge in [-0.25, -0.2) is 4.79 Å². The molecule has 0 unspecified atom stereocenters. The average molecular weight is 298 g/mol. The molecule has 0 saturated carbocycles. The molecule has 0 aromatic heterocycles. The number of benzene rings is 2. The zero-order valence-corrected chi connectivity index (χ0v) is 11.8. The van der Waals surface area contributed by atoms with E-state index < -0.39 is 11.0 Å². The Kier molecular flexibility index (Phi) is 3.74. The summed E-state index contributed by atoms with van der Waals surface area (Å²) in [6.45, 7) is 0.735. The summed E-state index contributed by atoms with van der Waals surface area (Å²) in [6, 6.07) is 14.3. The number of nitro groups is 1. The predicted octanol–water partition coefficient (Wildman–Crippen LogP) is 3.25. The molecule has 3 rings (SSSR count). The van der Waals surface area contributed by atoms with Crippen LogP contribution in [0.2, 0.25) is 0 Å². The molecule has 2 aromatic rings. The van der Waals surface area contributed by atoms with E-state index in [0.29, 0.717) is 12.1 Å². The van der Waals surface area contributed by atoms with Gasteiger partial charge in [-0.2, -0.15) is 0 Å². The van der Waals surface area contributed by atoms with Crippen molar-refractivity contribution in [3.8, 4) is 0 Å². The van der Waals surface area contributed by atoms with Gasteiger partial charge in [-0.15, -0.1) is 0 Å². The summed E-state index contributed by atoms with van der Waals surface area (Å²) in [5, 5.41) is 11.0. The molecule has 2 aromatic carbocycles. The molecule has 6 heteroatoms. The van der Waals surface area contributed by atoms with Gasteiger partial charge in [0.25, 0.3) is 5.69 Å². The number of hydrogen-bond acceptors (Lipinski definition) is 4. The summed E-state index contributed by atoms with van der Waals surface area (Å²) in [6.07, 6.45) is -0.464. The summed E-state index contributed by atoms with van der Waals surface area (Å²) in [7, 11) is 0. The number of rotatable bonds is 3. The van der Waals surface area contributed by atoms with Crippen molar-refractivity contribution in [3.05, 3.63) is 75.3 Å². The molecule has 0 N–H and O–H groups in total. The van der Waals surface area contributed by atoms with Gasteiger partial charge in [-0.05, 0) is 11.1 Å². The van der Waals surface area contributed by atoms with Crippen LogP contribution in [0.15, 0.2) is 48.5 Å². The quantitative estimate of drug-likeness (QED) is 0.644. The molecule has 112 valence electrons. The first kappa shape index (κ1) is 14.1. The number of nitrogens with zero attached hydrogens (tertiary/aromatic N) is 2. The lowest BCUT2D eigenvalue weighted by Gasteiger charge is -2.15. The van der Waals surface area contributed by atoms with Gasteiger partial charge in [0.15, 0.2) is 0 Å². The van der Waals surface area contributed by atoms with Crippen molar-refractivity contribution in [2.75, 3.05) is 0 Å². The number of fused-ring (bicyclic) bond motifs is 1. The van der Waals surface area contributed by atoms with Crippen LogP contribution in [-0.4, -0.2) is 15.9 Å². The van der Waals surface area contributed by atoms with Crippen molar-refractivity contribution in [1.29, 1.82) is 0 Å². The minimum Gasteiger partial charge on any atom is -0.445 e. The Labute approximate surface area is 127 Å². The molecule has 0 saturated heterocycles. The molecule has 0 spiro atoms. The number of carbonyl (C=O) groups is 1. The van der Waals surface area contributed by atoms with Gasteiger partial charge in [0.05, 0.1) is 17.0 Å². The van der Waals surface area contributed by atoms with E-state index in [-0.39, 0.29) is 18.8 Å². The van der Waals surface area contributed by atoms with Gasteiger partial charge in [0.2, 0.25) is 0 Å². The topological polar surface area (TPSA) is 72.7 Å². The molecule has 6 nitrogen and oxygen atoms in total. The second-order valence-electron chi connectivity index (χ2n) is 5.07. The van der Waals surface area contributed by atoms with Crippen LogP contribution in [0.5, 0.6) is 0 Å². The van der Waals surface area contributed by atoms with E-state index in [9.17, 15) is 14.9 Å². The van der Waals surface area contributed by atoms with Crippen LogP contribution in [0.25, 0.3) is 0 Å². The summed E-state index contributed by atoms with van der Waals surface area (Å²) >= 11 is 0. The van der Waals surface area contributed by atoms with E-state index in [1.165, 1.54) is 11.0 Å². The van der Waals surface area contributed by atoms with Gasteiger partial charge in [-0.3, -0.25) is 15.0 Å². The highest BCUT2D eigenvalue weighted by atomic mass is 16.6. The lowest BCUT2D eigenvalue weighted by molar-refractivity contribution is -0.385. The molecule has 0 aliphatic carbocycles. The number of nitro benzene ring substituents is 1. The Morgan fingerprint density at radius 3 is 2.64 bits per heavy atom. The number of carbonyl (C=O) groups excluding carboxylic acids is 1. The van der Waals surface area contributed by atoms with E-state index in [0.717, 1.165) is 11.1 Å². The van der Waals surface area contributed by atoms with Gasteiger partial charge < -0.3 is 4.74 Å². The fraction of sp³-hybridized carbons (Fsp3) is 0.188. The second kappa shape index (κ2) is 5.85. The molecule has 1 amide bonds. The van der Waals surface area contributed by atoms with Crippen molar-refractivity contribution in [3.63, 3.8) is 0 Å². The first-order valence-corrected chi connectivity index (χ1v) is 6.86. The Bertz CT molecular complexity index is 715. The highest BCUT2D eigenvalue weighted by molar-refractivity contribution is 5.69. The number of hydrogen-bond donors (Lipinski definition) is 0. The van der Waals surface area contributed by atoms with E-state index >= 15 is 0 Å². The lowest BCUT2D eigenvalue weighted by Crippen LogP contribution is -2.26. The lowest BCUT2D eigenvalue weighted by atomic mass is 10.1. The van der Waals surface area contributed by atoms with Crippen LogP contribution in [-0.2, 0) is 24.4 Å². The Balaban J connectivity index is 1.67. The minimum atomic E-state index is -0.464. The molecule has 0 atom stereocenters. The maximum atomic E-state index is 12.1. The molecule has 22 heavy (non-hydrogen) atoms. The third-order valence-electron chi connectivity index (χ3n) is 3.62. The maximum absolute atomic E-state index is 12.1. The van der Waals surface area contributed by atoms with Crippen molar-refractivity contribution in [2.45, 2.75) is 19.7 Å². The smallest absolute Gasteiger partial charge is 0.410 e. The van der Waals surface area contributed by atoms with Crippen molar-refractivity contribution >= 4 is 11.8 Å². The number of ether oxygens (including phenoxy) is 1. The highest BCUT2D eigenvalue weighted by Crippen LogP contribution is 2.30. The van der Waals surface area contributed by atoms with E-state index in [1.54, 1.807) is 12.1 Å². The summed E-state index contributed by atoms with van der Waals surface area (Å²) < 4.78 is 5.26. The van der Waals surface area contributed by atoms with Crippen LogP contribution in [0.3, 0.4) is 0 Å². The molecule has 1 aliphatic rings. The second-order valence-corrected chi connectivity index (χ2v) is 5.07. The van der Waals surface area contributed by atoms with Crippen LogP contribution < -0.4 is 0 Å². The van der Waals surface area contributed by atoms with Gasteiger partial charge >= 0.3 is 6.09 Å². The van der Waals surface area contributed by atoms with Crippen molar-refractivity contribution in [2.24, 2.45) is 0 Å². The molecule has 0 bridgehead atoms. The summed E-state index contributed by atoms with van der Waals surface area (Å²) in [5.41, 5.74) is 2.34. The molecule has 0 radical (unpaired) electrons. The Morgan fingerprint density at radius 2 is 1.91 bits per heavy atom. The zero-order valence-electron chi connectivity index (χ0n) is 11.8. The Morgan fingerprint density at radius 1 is 1.14 bits per heavy atom. The molecule has 1 aliphatic heterocycles. The van der Waals surface area contributed by atoms with Crippen LogP contribution in [0.1, 0.15) is 16.7 Å². The van der Waals surface area contributed by atoms with Crippen molar-refractivity contribution < 1.29 is 14.5 Å². The van der Waals surface area contributed by atoms with Crippen LogP contribution in [0, 0.1) is 10.1 Å². The highest BCUT2D eigenvalue weighted by Gasteiger charge is 2.30. The first-order chi connectivity index (χ1) is 10.6. The molecular formula is C16H14N2O4. The first-order valence-electron chi connectivity index (χ1n) is 6.86. The van der Waals surface area contributed by atoms with Gasteiger partial charge in [-0.1, -0.05) is 42.5 Å². The normalized spacial score (nSPS) is 12.8. The largest absolute Gasteiger partial charge is 0.445 e. The minimum absolute atomic E-state index is 0.0517. The molecule has 0 fully saturated rings. The Hall–Kier alpha value is -2.89. The van der Waals surface area contributed by atoms with E-state index in [2.05, 4.69) is 0 Å². The van der Waals surface area contributed by atoms with Crippen LogP contribution >= 0.6 is 0 Å². The van der Waals surface area contributed by atoms with Gasteiger partial charge in [0.1, 0.15) is 6.61 Å². The fourth-order valence-electron chi connectivity index (χ4n) is 2.51. The maximum Gasteiger partial charge on any atom is 0.410 e. The van der Waals surface area contributed by atoms with E-state index in [4.69, 9.17) is 4.74 Å². The summed E-state index contributed by atoms with van der Waals surface area (Å²) in [5.74, 6) is 0. The van der Waals surface area contributed by atoms with Crippen molar-refractivity contribution in [1.82, 2.24) is 4.90 Å².